The lowest BCUT2D eigenvalue weighted by Gasteiger charge is -1.94. The molecule has 0 heterocycles. The summed E-state index contributed by atoms with van der Waals surface area (Å²) in [4.78, 5) is 0. The number of halogens is 2. The van der Waals surface area contributed by atoms with Crippen molar-refractivity contribution in [2.45, 2.75) is 0 Å². The van der Waals surface area contributed by atoms with E-state index in [1.807, 2.05) is 0 Å². The molecular weight excluding hydrogens is 185 g/mol. The van der Waals surface area contributed by atoms with Gasteiger partial charge in [0.25, 0.3) is 0 Å². The minimum Gasteiger partial charge on any atom is -0.400 e. The van der Waals surface area contributed by atoms with Crippen LogP contribution in [0.1, 0.15) is 0 Å². The van der Waals surface area contributed by atoms with Gasteiger partial charge in [-0.1, -0.05) is 23.2 Å². The molecule has 0 unspecified atom stereocenters. The fraction of sp³-hybridized carbons (Fsp3) is 0.143. The molecule has 0 fully saturated rings. The molecule has 0 aliphatic rings. The Morgan fingerprint density at radius 1 is 1.27 bits per heavy atom. The van der Waals surface area contributed by atoms with E-state index in [4.69, 9.17) is 34.0 Å². The van der Waals surface area contributed by atoms with Crippen LogP contribution in [0, 0.1) is 0 Å². The van der Waals surface area contributed by atoms with E-state index in [1.165, 1.54) is 0 Å². The Labute approximate surface area is 75.5 Å². The number of nitrogen functional groups attached to an aromatic ring is 1. The lowest BCUT2D eigenvalue weighted by atomic mass is 10.3. The van der Waals surface area contributed by atoms with Gasteiger partial charge in [-0.15, -0.1) is 0 Å². The summed E-state index contributed by atoms with van der Waals surface area (Å²) in [5.74, 6) is 0. The predicted octanol–water partition coefficient (Wildman–Crippen LogP) is 2.18. The van der Waals surface area contributed by atoms with Gasteiger partial charge in [-0.05, 0) is 18.2 Å². The highest BCUT2D eigenvalue weighted by Gasteiger charge is 1.93. The van der Waals surface area contributed by atoms with Crippen LogP contribution in [0.2, 0.25) is 10.0 Å². The van der Waals surface area contributed by atoms with Crippen LogP contribution in [0.3, 0.4) is 0 Å². The minimum atomic E-state index is 0.502. The Hall–Kier alpha value is -0.440. The summed E-state index contributed by atoms with van der Waals surface area (Å²) >= 11 is 11.2. The lowest BCUT2D eigenvalue weighted by Crippen LogP contribution is -1.83. The van der Waals surface area contributed by atoms with Crippen molar-refractivity contribution in [3.8, 4) is 0 Å². The van der Waals surface area contributed by atoms with Gasteiger partial charge >= 0.3 is 0 Å². The largest absolute Gasteiger partial charge is 0.400 e. The molecule has 62 valence electrons. The third-order valence-electron chi connectivity index (χ3n) is 0.962. The summed E-state index contributed by atoms with van der Waals surface area (Å²) in [6.45, 7) is 0. The van der Waals surface area contributed by atoms with Gasteiger partial charge in [0.15, 0.2) is 0 Å². The van der Waals surface area contributed by atoms with Gasteiger partial charge in [-0.25, -0.2) is 0 Å². The van der Waals surface area contributed by atoms with Crippen LogP contribution in [-0.4, -0.2) is 12.2 Å². The first-order valence-electron chi connectivity index (χ1n) is 2.85. The van der Waals surface area contributed by atoms with Gasteiger partial charge in [0.05, 0.1) is 10.7 Å². The monoisotopic (exact) mass is 193 g/mol. The number of anilines is 1. The first-order chi connectivity index (χ1) is 5.20. The van der Waals surface area contributed by atoms with Crippen molar-refractivity contribution in [3.63, 3.8) is 0 Å². The molecule has 1 rings (SSSR count). The maximum atomic E-state index is 7.00. The topological polar surface area (TPSA) is 46.2 Å². The van der Waals surface area contributed by atoms with E-state index >= 15 is 0 Å². The van der Waals surface area contributed by atoms with Gasteiger partial charge < -0.3 is 10.8 Å². The molecule has 0 spiro atoms. The molecule has 0 amide bonds. The SMILES string of the molecule is CO.Nc1ccc(Cl)cc1Cl. The zero-order valence-electron chi connectivity index (χ0n) is 6.01. The number of aliphatic hydroxyl groups is 1. The van der Waals surface area contributed by atoms with Crippen molar-refractivity contribution in [3.05, 3.63) is 28.2 Å². The smallest absolute Gasteiger partial charge is 0.0650 e. The van der Waals surface area contributed by atoms with Gasteiger partial charge in [-0.2, -0.15) is 0 Å². The normalized spacial score (nSPS) is 8.36. The second-order valence-electron chi connectivity index (χ2n) is 1.67. The molecule has 0 saturated heterocycles. The molecule has 0 bridgehead atoms. The highest BCUT2D eigenvalue weighted by molar-refractivity contribution is 6.36. The molecular formula is C7H9Cl2NO. The molecule has 0 atom stereocenters. The highest BCUT2D eigenvalue weighted by atomic mass is 35.5. The molecule has 11 heavy (non-hydrogen) atoms. The van der Waals surface area contributed by atoms with E-state index < -0.39 is 0 Å². The van der Waals surface area contributed by atoms with Crippen LogP contribution in [0.15, 0.2) is 18.2 Å². The van der Waals surface area contributed by atoms with Crippen LogP contribution in [0.25, 0.3) is 0 Å². The Balaban J connectivity index is 0.000000461. The van der Waals surface area contributed by atoms with Crippen molar-refractivity contribution < 1.29 is 5.11 Å². The van der Waals surface area contributed by atoms with Gasteiger partial charge in [0.1, 0.15) is 0 Å². The third-order valence-corrected chi connectivity index (χ3v) is 1.52. The quantitative estimate of drug-likeness (QED) is 0.621. The van der Waals surface area contributed by atoms with Crippen LogP contribution < -0.4 is 5.73 Å². The van der Waals surface area contributed by atoms with Crippen LogP contribution >= 0.6 is 23.2 Å². The first-order valence-corrected chi connectivity index (χ1v) is 3.61. The molecule has 3 N–H and O–H groups in total. The summed E-state index contributed by atoms with van der Waals surface area (Å²) in [7, 11) is 1.00. The molecule has 0 aliphatic carbocycles. The highest BCUT2D eigenvalue weighted by Crippen LogP contribution is 2.21. The molecule has 0 radical (unpaired) electrons. The predicted molar refractivity (Wildman–Crippen MR) is 49.0 cm³/mol. The first kappa shape index (κ1) is 10.6. The summed E-state index contributed by atoms with van der Waals surface area (Å²) in [6.07, 6.45) is 0. The molecule has 0 saturated carbocycles. The number of nitrogens with two attached hydrogens (primary N) is 1. The van der Waals surface area contributed by atoms with E-state index in [-0.39, 0.29) is 0 Å². The Bertz CT molecular complexity index is 228. The molecule has 0 aliphatic heterocycles. The molecule has 4 heteroatoms. The molecule has 1 aromatic carbocycles. The van der Waals surface area contributed by atoms with Crippen LogP contribution in [0.5, 0.6) is 0 Å². The average molecular weight is 194 g/mol. The van der Waals surface area contributed by atoms with E-state index in [1.54, 1.807) is 18.2 Å². The minimum absolute atomic E-state index is 0.502. The van der Waals surface area contributed by atoms with Crippen molar-refractivity contribution in [1.29, 1.82) is 0 Å². The molecule has 1 aromatic rings. The number of rotatable bonds is 0. The third kappa shape index (κ3) is 3.46. The Morgan fingerprint density at radius 3 is 2.18 bits per heavy atom. The maximum absolute atomic E-state index is 7.00. The van der Waals surface area contributed by atoms with Gasteiger partial charge in [0.2, 0.25) is 0 Å². The average Bonchev–Trinajstić information content (AvgIpc) is 2.02. The van der Waals surface area contributed by atoms with Gasteiger partial charge in [-0.3, -0.25) is 0 Å². The number of benzene rings is 1. The summed E-state index contributed by atoms with van der Waals surface area (Å²) in [6, 6.07) is 4.98. The Morgan fingerprint density at radius 2 is 1.82 bits per heavy atom. The fourth-order valence-electron chi connectivity index (χ4n) is 0.502. The lowest BCUT2D eigenvalue weighted by molar-refractivity contribution is 0.399. The second-order valence-corrected chi connectivity index (χ2v) is 2.51. The summed E-state index contributed by atoms with van der Waals surface area (Å²) < 4.78 is 0. The number of hydrogen-bond acceptors (Lipinski definition) is 2. The number of aliphatic hydroxyl groups excluding tert-OH is 1. The maximum Gasteiger partial charge on any atom is 0.0650 e. The van der Waals surface area contributed by atoms with E-state index in [0.29, 0.717) is 15.7 Å². The summed E-state index contributed by atoms with van der Waals surface area (Å²) in [5.41, 5.74) is 5.95. The second kappa shape index (κ2) is 5.24. The van der Waals surface area contributed by atoms with Crippen molar-refractivity contribution in [2.75, 3.05) is 12.8 Å². The van der Waals surface area contributed by atoms with E-state index in [0.717, 1.165) is 7.11 Å². The zero-order valence-corrected chi connectivity index (χ0v) is 7.52. The Kier molecular flexibility index (Phi) is 5.03. The van der Waals surface area contributed by atoms with Crippen LogP contribution in [0.4, 0.5) is 5.69 Å². The molecule has 0 aromatic heterocycles. The van der Waals surface area contributed by atoms with Crippen molar-refractivity contribution in [1.82, 2.24) is 0 Å². The van der Waals surface area contributed by atoms with E-state index in [9.17, 15) is 0 Å². The number of hydrogen-bond donors (Lipinski definition) is 2. The standard InChI is InChI=1S/C6H5Cl2N.CH4O/c7-4-1-2-6(9)5(8)3-4;1-2/h1-3H,9H2;2H,1H3. The van der Waals surface area contributed by atoms with E-state index in [2.05, 4.69) is 0 Å². The zero-order chi connectivity index (χ0) is 8.85. The van der Waals surface area contributed by atoms with Gasteiger partial charge in [0, 0.05) is 12.1 Å². The summed E-state index contributed by atoms with van der Waals surface area (Å²) in [5, 5.41) is 8.11. The van der Waals surface area contributed by atoms with Crippen molar-refractivity contribution in [2.24, 2.45) is 0 Å². The van der Waals surface area contributed by atoms with Crippen LogP contribution in [-0.2, 0) is 0 Å². The fourth-order valence-corrected chi connectivity index (χ4v) is 0.910. The van der Waals surface area contributed by atoms with Crippen molar-refractivity contribution >= 4 is 28.9 Å². The molecule has 2 nitrogen and oxygen atoms in total.